The Morgan fingerprint density at radius 2 is 2.38 bits per heavy atom. The van der Waals surface area contributed by atoms with Crippen LogP contribution in [0.4, 0.5) is 5.69 Å². The molecule has 13 heavy (non-hydrogen) atoms. The summed E-state index contributed by atoms with van der Waals surface area (Å²) in [5.41, 5.74) is 9.94. The fraction of sp³-hybridized carbons (Fsp3) is 0.455. The van der Waals surface area contributed by atoms with Gasteiger partial charge in [-0.3, -0.25) is 0 Å². The molecule has 3 N–H and O–H groups in total. The third-order valence-electron chi connectivity index (χ3n) is 2.71. The molecule has 2 rings (SSSR count). The van der Waals surface area contributed by atoms with Crippen molar-refractivity contribution in [2.24, 2.45) is 5.73 Å². The highest BCUT2D eigenvalue weighted by molar-refractivity contribution is 5.56. The molecular weight excluding hydrogens is 160 g/mol. The van der Waals surface area contributed by atoms with Crippen LogP contribution in [0.25, 0.3) is 0 Å². The van der Waals surface area contributed by atoms with Gasteiger partial charge in [-0.15, -0.1) is 0 Å². The summed E-state index contributed by atoms with van der Waals surface area (Å²) in [6.45, 7) is 3.19. The maximum Gasteiger partial charge on any atom is 0.0373 e. The van der Waals surface area contributed by atoms with Gasteiger partial charge in [-0.2, -0.15) is 0 Å². The highest BCUT2D eigenvalue weighted by Crippen LogP contribution is 2.25. The minimum Gasteiger partial charge on any atom is -0.384 e. The normalized spacial score (nSPS) is 16.5. The lowest BCUT2D eigenvalue weighted by Gasteiger charge is -2.10. The summed E-state index contributed by atoms with van der Waals surface area (Å²) >= 11 is 0. The van der Waals surface area contributed by atoms with Crippen LogP contribution in [0.2, 0.25) is 0 Å². The van der Waals surface area contributed by atoms with Gasteiger partial charge >= 0.3 is 0 Å². The fourth-order valence-corrected chi connectivity index (χ4v) is 1.79. The molecular formula is C11H16N2. The van der Waals surface area contributed by atoms with Gasteiger partial charge in [0.1, 0.15) is 0 Å². The lowest BCUT2D eigenvalue weighted by molar-refractivity contribution is 0.698. The van der Waals surface area contributed by atoms with Crippen molar-refractivity contribution in [3.05, 3.63) is 29.3 Å². The van der Waals surface area contributed by atoms with E-state index in [2.05, 4.69) is 30.4 Å². The van der Waals surface area contributed by atoms with Gasteiger partial charge in [-0.25, -0.2) is 0 Å². The van der Waals surface area contributed by atoms with Crippen molar-refractivity contribution < 1.29 is 0 Å². The maximum absolute atomic E-state index is 5.97. The van der Waals surface area contributed by atoms with Crippen molar-refractivity contribution in [1.82, 2.24) is 0 Å². The van der Waals surface area contributed by atoms with E-state index in [0.717, 1.165) is 19.4 Å². The Hall–Kier alpha value is -1.02. The molecule has 1 atom stereocenters. The third kappa shape index (κ3) is 1.54. The van der Waals surface area contributed by atoms with E-state index < -0.39 is 0 Å². The van der Waals surface area contributed by atoms with Gasteiger partial charge in [0.15, 0.2) is 0 Å². The van der Waals surface area contributed by atoms with Gasteiger partial charge in [0.2, 0.25) is 0 Å². The van der Waals surface area contributed by atoms with Gasteiger partial charge in [-0.05, 0) is 30.0 Å². The van der Waals surface area contributed by atoms with Crippen LogP contribution in [-0.2, 0) is 6.42 Å². The second-order valence-electron chi connectivity index (χ2n) is 3.61. The number of benzene rings is 1. The molecule has 0 fully saturated rings. The lowest BCUT2D eigenvalue weighted by Crippen LogP contribution is -2.08. The average Bonchev–Trinajstić information content (AvgIpc) is 2.63. The first kappa shape index (κ1) is 8.57. The minimum atomic E-state index is 0.200. The third-order valence-corrected chi connectivity index (χ3v) is 2.71. The van der Waals surface area contributed by atoms with Gasteiger partial charge < -0.3 is 11.1 Å². The van der Waals surface area contributed by atoms with E-state index in [4.69, 9.17) is 5.73 Å². The number of hydrogen-bond donors (Lipinski definition) is 2. The van der Waals surface area contributed by atoms with Gasteiger partial charge in [0, 0.05) is 18.3 Å². The molecule has 2 nitrogen and oxygen atoms in total. The molecule has 0 radical (unpaired) electrons. The molecule has 1 heterocycles. The van der Waals surface area contributed by atoms with Crippen LogP contribution in [0.15, 0.2) is 18.2 Å². The summed E-state index contributed by atoms with van der Waals surface area (Å²) in [7, 11) is 0. The van der Waals surface area contributed by atoms with Crippen molar-refractivity contribution in [2.75, 3.05) is 11.9 Å². The molecule has 2 heteroatoms. The Kier molecular flexibility index (Phi) is 2.23. The van der Waals surface area contributed by atoms with E-state index in [9.17, 15) is 0 Å². The van der Waals surface area contributed by atoms with Gasteiger partial charge in [0.05, 0.1) is 0 Å². The van der Waals surface area contributed by atoms with E-state index >= 15 is 0 Å². The van der Waals surface area contributed by atoms with Crippen LogP contribution in [-0.4, -0.2) is 6.54 Å². The Morgan fingerprint density at radius 3 is 3.15 bits per heavy atom. The number of nitrogens with two attached hydrogens (primary N) is 1. The summed E-state index contributed by atoms with van der Waals surface area (Å²) in [5.74, 6) is 0. The minimum absolute atomic E-state index is 0.200. The SMILES string of the molecule is CC[C@@H](N)c1ccc2c(c1)CCN2. The molecule has 1 aromatic carbocycles. The van der Waals surface area contributed by atoms with Gasteiger partial charge in [-0.1, -0.05) is 19.1 Å². The topological polar surface area (TPSA) is 38.0 Å². The first-order valence-electron chi connectivity index (χ1n) is 4.93. The largest absolute Gasteiger partial charge is 0.384 e. The first-order valence-corrected chi connectivity index (χ1v) is 4.93. The molecule has 1 aliphatic rings. The number of fused-ring (bicyclic) bond motifs is 1. The van der Waals surface area contributed by atoms with Crippen LogP contribution in [0.1, 0.15) is 30.5 Å². The van der Waals surface area contributed by atoms with Crippen molar-refractivity contribution in [3.63, 3.8) is 0 Å². The monoisotopic (exact) mass is 176 g/mol. The molecule has 0 saturated heterocycles. The summed E-state index contributed by atoms with van der Waals surface area (Å²) in [6.07, 6.45) is 2.14. The lowest BCUT2D eigenvalue weighted by atomic mass is 10.0. The summed E-state index contributed by atoms with van der Waals surface area (Å²) in [5, 5.41) is 3.34. The van der Waals surface area contributed by atoms with E-state index in [0.29, 0.717) is 0 Å². The molecule has 0 unspecified atom stereocenters. The van der Waals surface area contributed by atoms with Crippen LogP contribution < -0.4 is 11.1 Å². The fourth-order valence-electron chi connectivity index (χ4n) is 1.79. The quantitative estimate of drug-likeness (QED) is 0.724. The Balaban J connectivity index is 2.30. The summed E-state index contributed by atoms with van der Waals surface area (Å²) in [6, 6.07) is 6.72. The molecule has 1 aromatic rings. The van der Waals surface area contributed by atoms with E-state index in [-0.39, 0.29) is 6.04 Å². The van der Waals surface area contributed by atoms with Crippen molar-refractivity contribution in [3.8, 4) is 0 Å². The highest BCUT2D eigenvalue weighted by atomic mass is 14.9. The zero-order valence-corrected chi connectivity index (χ0v) is 8.01. The molecule has 0 spiro atoms. The average molecular weight is 176 g/mol. The predicted octanol–water partition coefficient (Wildman–Crippen LogP) is 2.06. The zero-order valence-electron chi connectivity index (χ0n) is 8.01. The molecule has 1 aliphatic heterocycles. The molecule has 0 aliphatic carbocycles. The van der Waals surface area contributed by atoms with Crippen LogP contribution in [0.5, 0.6) is 0 Å². The second kappa shape index (κ2) is 3.38. The molecule has 0 amide bonds. The standard InChI is InChI=1S/C11H16N2/c1-2-10(12)8-3-4-11-9(7-8)5-6-13-11/h3-4,7,10,13H,2,5-6,12H2,1H3/t10-/m1/s1. The maximum atomic E-state index is 5.97. The first-order chi connectivity index (χ1) is 6.31. The Bertz CT molecular complexity index is 307. The number of anilines is 1. The predicted molar refractivity (Wildman–Crippen MR) is 55.9 cm³/mol. The van der Waals surface area contributed by atoms with Crippen LogP contribution in [0, 0.1) is 0 Å². The molecule has 0 saturated carbocycles. The smallest absolute Gasteiger partial charge is 0.0373 e. The summed E-state index contributed by atoms with van der Waals surface area (Å²) < 4.78 is 0. The van der Waals surface area contributed by atoms with Crippen molar-refractivity contribution in [2.45, 2.75) is 25.8 Å². The van der Waals surface area contributed by atoms with Gasteiger partial charge in [0.25, 0.3) is 0 Å². The van der Waals surface area contributed by atoms with E-state index in [1.807, 2.05) is 0 Å². The van der Waals surface area contributed by atoms with Crippen molar-refractivity contribution >= 4 is 5.69 Å². The number of nitrogens with one attached hydrogen (secondary N) is 1. The summed E-state index contributed by atoms with van der Waals surface area (Å²) in [4.78, 5) is 0. The van der Waals surface area contributed by atoms with Crippen molar-refractivity contribution in [1.29, 1.82) is 0 Å². The second-order valence-corrected chi connectivity index (χ2v) is 3.61. The zero-order chi connectivity index (χ0) is 9.26. The number of rotatable bonds is 2. The van der Waals surface area contributed by atoms with Crippen LogP contribution in [0.3, 0.4) is 0 Å². The molecule has 70 valence electrons. The van der Waals surface area contributed by atoms with E-state index in [1.54, 1.807) is 0 Å². The molecule has 0 bridgehead atoms. The highest BCUT2D eigenvalue weighted by Gasteiger charge is 2.11. The van der Waals surface area contributed by atoms with Crippen LogP contribution >= 0.6 is 0 Å². The Labute approximate surface area is 79.1 Å². The molecule has 0 aromatic heterocycles. The van der Waals surface area contributed by atoms with E-state index in [1.165, 1.54) is 16.8 Å². The Morgan fingerprint density at radius 1 is 1.54 bits per heavy atom. The number of hydrogen-bond acceptors (Lipinski definition) is 2.